The molecule has 0 aliphatic heterocycles. The van der Waals surface area contributed by atoms with E-state index in [1.54, 1.807) is 0 Å². The lowest BCUT2D eigenvalue weighted by atomic mass is 10.1. The first-order valence-corrected chi connectivity index (χ1v) is 3.27. The van der Waals surface area contributed by atoms with Gasteiger partial charge in [-0.1, -0.05) is 12.2 Å². The SMILES string of the molecule is C=CC(C=C)c1ccc[nH]1. The molecule has 0 aromatic carbocycles. The van der Waals surface area contributed by atoms with Gasteiger partial charge < -0.3 is 4.98 Å². The number of nitrogens with one attached hydrogen (secondary N) is 1. The van der Waals surface area contributed by atoms with Crippen molar-refractivity contribution < 1.29 is 0 Å². The lowest BCUT2D eigenvalue weighted by molar-refractivity contribution is 1.02. The van der Waals surface area contributed by atoms with Crippen molar-refractivity contribution in [2.24, 2.45) is 0 Å². The molecular weight excluding hydrogens is 122 g/mol. The summed E-state index contributed by atoms with van der Waals surface area (Å²) in [5.74, 6) is 0.259. The Morgan fingerprint density at radius 2 is 2.10 bits per heavy atom. The minimum Gasteiger partial charge on any atom is -0.364 e. The maximum absolute atomic E-state index is 3.70. The number of rotatable bonds is 3. The lowest BCUT2D eigenvalue weighted by Gasteiger charge is -2.01. The molecule has 1 heteroatoms. The van der Waals surface area contributed by atoms with E-state index in [9.17, 15) is 0 Å². The van der Waals surface area contributed by atoms with E-state index in [1.165, 1.54) is 0 Å². The standard InChI is InChI=1S/C9H11N/c1-3-8(4-2)9-6-5-7-10-9/h3-8,10H,1-2H2. The summed E-state index contributed by atoms with van der Waals surface area (Å²) in [5.41, 5.74) is 1.14. The highest BCUT2D eigenvalue weighted by Gasteiger charge is 2.00. The van der Waals surface area contributed by atoms with Crippen molar-refractivity contribution in [3.05, 3.63) is 49.3 Å². The zero-order valence-corrected chi connectivity index (χ0v) is 5.88. The van der Waals surface area contributed by atoms with Crippen molar-refractivity contribution in [2.75, 3.05) is 0 Å². The van der Waals surface area contributed by atoms with Gasteiger partial charge in [-0.25, -0.2) is 0 Å². The molecule has 0 spiro atoms. The second kappa shape index (κ2) is 3.06. The fourth-order valence-corrected chi connectivity index (χ4v) is 0.902. The Labute approximate surface area is 61.1 Å². The van der Waals surface area contributed by atoms with Crippen molar-refractivity contribution in [3.63, 3.8) is 0 Å². The zero-order valence-electron chi connectivity index (χ0n) is 5.88. The summed E-state index contributed by atoms with van der Waals surface area (Å²) in [4.78, 5) is 3.10. The Morgan fingerprint density at radius 1 is 1.40 bits per heavy atom. The highest BCUT2D eigenvalue weighted by atomic mass is 14.7. The van der Waals surface area contributed by atoms with Crippen LogP contribution in [0.1, 0.15) is 11.6 Å². The maximum Gasteiger partial charge on any atom is 0.0345 e. The summed E-state index contributed by atoms with van der Waals surface area (Å²) < 4.78 is 0. The number of H-pyrrole nitrogens is 1. The predicted octanol–water partition coefficient (Wildman–Crippen LogP) is 2.47. The Kier molecular flexibility index (Phi) is 2.11. The van der Waals surface area contributed by atoms with Crippen LogP contribution in [0.4, 0.5) is 0 Å². The van der Waals surface area contributed by atoms with Crippen LogP contribution in [-0.2, 0) is 0 Å². The molecule has 1 rings (SSSR count). The largest absolute Gasteiger partial charge is 0.364 e. The molecule has 0 bridgehead atoms. The molecule has 0 aliphatic carbocycles. The van der Waals surface area contributed by atoms with Crippen molar-refractivity contribution in [1.82, 2.24) is 4.98 Å². The fraction of sp³-hybridized carbons (Fsp3) is 0.111. The Hall–Kier alpha value is -1.24. The van der Waals surface area contributed by atoms with Gasteiger partial charge in [-0.3, -0.25) is 0 Å². The molecule has 1 heterocycles. The lowest BCUT2D eigenvalue weighted by Crippen LogP contribution is -1.88. The molecule has 0 atom stereocenters. The van der Waals surface area contributed by atoms with Crippen LogP contribution in [0.2, 0.25) is 0 Å². The van der Waals surface area contributed by atoms with E-state index >= 15 is 0 Å². The third-order valence-electron chi connectivity index (χ3n) is 1.49. The molecule has 1 nitrogen and oxygen atoms in total. The zero-order chi connectivity index (χ0) is 7.40. The van der Waals surface area contributed by atoms with Crippen LogP contribution in [-0.4, -0.2) is 4.98 Å². The van der Waals surface area contributed by atoms with Crippen LogP contribution in [0.3, 0.4) is 0 Å². The molecule has 0 amide bonds. The summed E-state index contributed by atoms with van der Waals surface area (Å²) in [6, 6.07) is 3.99. The van der Waals surface area contributed by atoms with Crippen LogP contribution in [0, 0.1) is 0 Å². The molecular formula is C9H11N. The van der Waals surface area contributed by atoms with E-state index < -0.39 is 0 Å². The van der Waals surface area contributed by atoms with Crippen molar-refractivity contribution in [3.8, 4) is 0 Å². The van der Waals surface area contributed by atoms with Gasteiger partial charge in [-0.15, -0.1) is 13.2 Å². The van der Waals surface area contributed by atoms with E-state index in [0.29, 0.717) is 0 Å². The van der Waals surface area contributed by atoms with Crippen molar-refractivity contribution in [2.45, 2.75) is 5.92 Å². The molecule has 10 heavy (non-hydrogen) atoms. The van der Waals surface area contributed by atoms with Gasteiger partial charge in [0.2, 0.25) is 0 Å². The molecule has 0 aliphatic rings. The van der Waals surface area contributed by atoms with Gasteiger partial charge >= 0.3 is 0 Å². The van der Waals surface area contributed by atoms with E-state index in [-0.39, 0.29) is 5.92 Å². The third-order valence-corrected chi connectivity index (χ3v) is 1.49. The summed E-state index contributed by atoms with van der Waals surface area (Å²) in [5, 5.41) is 0. The highest BCUT2D eigenvalue weighted by Crippen LogP contribution is 2.14. The maximum atomic E-state index is 3.70. The third kappa shape index (κ3) is 1.18. The first-order valence-electron chi connectivity index (χ1n) is 3.27. The number of hydrogen-bond donors (Lipinski definition) is 1. The van der Waals surface area contributed by atoms with E-state index in [4.69, 9.17) is 0 Å². The minimum atomic E-state index is 0.259. The number of aromatic amines is 1. The van der Waals surface area contributed by atoms with Gasteiger partial charge in [0.15, 0.2) is 0 Å². The Morgan fingerprint density at radius 3 is 2.50 bits per heavy atom. The summed E-state index contributed by atoms with van der Waals surface area (Å²) in [6.07, 6.45) is 5.62. The van der Waals surface area contributed by atoms with Crippen LogP contribution < -0.4 is 0 Å². The monoisotopic (exact) mass is 133 g/mol. The molecule has 0 saturated heterocycles. The van der Waals surface area contributed by atoms with E-state index in [2.05, 4.69) is 18.1 Å². The Balaban J connectivity index is 2.82. The van der Waals surface area contributed by atoms with E-state index in [1.807, 2.05) is 30.5 Å². The van der Waals surface area contributed by atoms with Crippen molar-refractivity contribution >= 4 is 0 Å². The predicted molar refractivity (Wildman–Crippen MR) is 43.9 cm³/mol. The number of hydrogen-bond acceptors (Lipinski definition) is 0. The second-order valence-corrected chi connectivity index (χ2v) is 2.12. The van der Waals surface area contributed by atoms with Gasteiger partial charge in [-0.05, 0) is 12.1 Å². The van der Waals surface area contributed by atoms with Crippen LogP contribution >= 0.6 is 0 Å². The molecule has 1 aromatic rings. The van der Waals surface area contributed by atoms with Crippen LogP contribution in [0.15, 0.2) is 43.6 Å². The summed E-state index contributed by atoms with van der Waals surface area (Å²) in [7, 11) is 0. The summed E-state index contributed by atoms with van der Waals surface area (Å²) in [6.45, 7) is 7.39. The number of aromatic nitrogens is 1. The van der Waals surface area contributed by atoms with Crippen LogP contribution in [0.25, 0.3) is 0 Å². The van der Waals surface area contributed by atoms with Gasteiger partial charge in [0.05, 0.1) is 0 Å². The van der Waals surface area contributed by atoms with Crippen LogP contribution in [0.5, 0.6) is 0 Å². The normalized spacial score (nSPS) is 9.70. The average molecular weight is 133 g/mol. The first-order chi connectivity index (χ1) is 4.88. The molecule has 1 N–H and O–H groups in total. The topological polar surface area (TPSA) is 15.8 Å². The molecule has 0 saturated carbocycles. The van der Waals surface area contributed by atoms with Gasteiger partial charge in [-0.2, -0.15) is 0 Å². The quantitative estimate of drug-likeness (QED) is 0.610. The average Bonchev–Trinajstić information content (AvgIpc) is 2.43. The highest BCUT2D eigenvalue weighted by molar-refractivity contribution is 5.20. The fourth-order valence-electron chi connectivity index (χ4n) is 0.902. The molecule has 0 unspecified atom stereocenters. The van der Waals surface area contributed by atoms with Gasteiger partial charge in [0, 0.05) is 17.8 Å². The number of allylic oxidation sites excluding steroid dienone is 2. The Bertz CT molecular complexity index is 201. The minimum absolute atomic E-state index is 0.259. The van der Waals surface area contributed by atoms with Crippen molar-refractivity contribution in [1.29, 1.82) is 0 Å². The second-order valence-electron chi connectivity index (χ2n) is 2.12. The molecule has 0 fully saturated rings. The molecule has 52 valence electrons. The smallest absolute Gasteiger partial charge is 0.0345 e. The van der Waals surface area contributed by atoms with Gasteiger partial charge in [0.25, 0.3) is 0 Å². The van der Waals surface area contributed by atoms with E-state index in [0.717, 1.165) is 5.69 Å². The summed E-state index contributed by atoms with van der Waals surface area (Å²) >= 11 is 0. The molecule has 0 radical (unpaired) electrons. The first kappa shape index (κ1) is 6.87. The van der Waals surface area contributed by atoms with Gasteiger partial charge in [0.1, 0.15) is 0 Å². The molecule has 1 aromatic heterocycles.